The van der Waals surface area contributed by atoms with Crippen molar-refractivity contribution in [2.24, 2.45) is 0 Å². The van der Waals surface area contributed by atoms with E-state index in [2.05, 4.69) is 79.3 Å². The van der Waals surface area contributed by atoms with Gasteiger partial charge in [-0.25, -0.2) is 0 Å². The lowest BCUT2D eigenvalue weighted by Crippen LogP contribution is -2.65. The highest BCUT2D eigenvalue weighted by atomic mass is 15.4. The SMILES string of the molecule is C[C@@H]1CN(c2ccc(C#N)c3ncccc23)C[C@@H]2CN(CCc3ccc(N4CCNCC4)cc3)CCN21. The molecule has 2 atom stereocenters. The molecule has 0 spiro atoms. The molecule has 6 rings (SSSR count). The maximum atomic E-state index is 9.55. The van der Waals surface area contributed by atoms with Gasteiger partial charge in [0.25, 0.3) is 0 Å². The molecule has 2 aromatic carbocycles. The van der Waals surface area contributed by atoms with Gasteiger partial charge in [0.15, 0.2) is 0 Å². The molecule has 0 unspecified atom stereocenters. The van der Waals surface area contributed by atoms with Crippen LogP contribution in [0.15, 0.2) is 54.7 Å². The predicted molar refractivity (Wildman–Crippen MR) is 150 cm³/mol. The minimum absolute atomic E-state index is 0.501. The molecule has 3 aliphatic rings. The first-order valence-corrected chi connectivity index (χ1v) is 13.7. The summed E-state index contributed by atoms with van der Waals surface area (Å²) in [5, 5.41) is 14.1. The number of pyridine rings is 1. The van der Waals surface area contributed by atoms with Crippen molar-refractivity contribution in [3.63, 3.8) is 0 Å². The quantitative estimate of drug-likeness (QED) is 0.584. The molecule has 1 aromatic heterocycles. The van der Waals surface area contributed by atoms with E-state index >= 15 is 0 Å². The third kappa shape index (κ3) is 5.02. The number of anilines is 2. The van der Waals surface area contributed by atoms with Gasteiger partial charge in [0.1, 0.15) is 6.07 Å². The number of hydrogen-bond acceptors (Lipinski definition) is 7. The highest BCUT2D eigenvalue weighted by molar-refractivity contribution is 5.95. The molecule has 0 radical (unpaired) electrons. The number of fused-ring (bicyclic) bond motifs is 2. The van der Waals surface area contributed by atoms with Crippen molar-refractivity contribution in [3.8, 4) is 6.07 Å². The summed E-state index contributed by atoms with van der Waals surface area (Å²) < 4.78 is 0. The van der Waals surface area contributed by atoms with Crippen molar-refractivity contribution in [1.82, 2.24) is 20.1 Å². The Balaban J connectivity index is 1.11. The summed E-state index contributed by atoms with van der Waals surface area (Å²) in [7, 11) is 0. The zero-order valence-corrected chi connectivity index (χ0v) is 21.8. The smallest absolute Gasteiger partial charge is 0.101 e. The van der Waals surface area contributed by atoms with Crippen LogP contribution in [0, 0.1) is 11.3 Å². The number of nitriles is 1. The summed E-state index contributed by atoms with van der Waals surface area (Å²) in [6.07, 6.45) is 2.88. The number of nitrogens with zero attached hydrogens (tertiary/aromatic N) is 6. The first-order valence-electron chi connectivity index (χ1n) is 13.7. The van der Waals surface area contributed by atoms with Gasteiger partial charge in [0, 0.05) is 100 Å². The van der Waals surface area contributed by atoms with Gasteiger partial charge in [-0.05, 0) is 55.3 Å². The summed E-state index contributed by atoms with van der Waals surface area (Å²) in [5.74, 6) is 0. The van der Waals surface area contributed by atoms with Crippen LogP contribution in [0.5, 0.6) is 0 Å². The van der Waals surface area contributed by atoms with Gasteiger partial charge < -0.3 is 20.0 Å². The van der Waals surface area contributed by atoms with E-state index in [9.17, 15) is 5.26 Å². The minimum atomic E-state index is 0.501. The number of aromatic nitrogens is 1. The fourth-order valence-corrected chi connectivity index (χ4v) is 6.44. The second kappa shape index (κ2) is 10.7. The van der Waals surface area contributed by atoms with Gasteiger partial charge >= 0.3 is 0 Å². The fourth-order valence-electron chi connectivity index (χ4n) is 6.44. The average Bonchev–Trinajstić information content (AvgIpc) is 2.96. The lowest BCUT2D eigenvalue weighted by atomic mass is 10.0. The molecule has 4 heterocycles. The number of piperazine rings is 3. The van der Waals surface area contributed by atoms with Gasteiger partial charge in [-0.2, -0.15) is 5.26 Å². The van der Waals surface area contributed by atoms with Gasteiger partial charge in [-0.3, -0.25) is 9.88 Å². The first-order chi connectivity index (χ1) is 18.2. The van der Waals surface area contributed by atoms with Crippen LogP contribution >= 0.6 is 0 Å². The molecule has 3 saturated heterocycles. The summed E-state index contributed by atoms with van der Waals surface area (Å²) >= 11 is 0. The first kappa shape index (κ1) is 24.2. The summed E-state index contributed by atoms with van der Waals surface area (Å²) in [5.41, 5.74) is 5.44. The van der Waals surface area contributed by atoms with Crippen molar-refractivity contribution >= 4 is 22.3 Å². The van der Waals surface area contributed by atoms with Crippen molar-refractivity contribution in [3.05, 3.63) is 65.9 Å². The molecular weight excluding hydrogens is 458 g/mol. The fraction of sp³-hybridized carbons (Fsp3) is 0.467. The van der Waals surface area contributed by atoms with E-state index in [1.54, 1.807) is 6.20 Å². The van der Waals surface area contributed by atoms with Crippen LogP contribution in [-0.4, -0.2) is 92.3 Å². The summed E-state index contributed by atoms with van der Waals surface area (Å²) in [6, 6.07) is 20.7. The Bertz CT molecular complexity index is 1260. The average molecular weight is 496 g/mol. The van der Waals surface area contributed by atoms with E-state index in [0.717, 1.165) is 82.8 Å². The maximum Gasteiger partial charge on any atom is 0.101 e. The Labute approximate surface area is 220 Å². The molecule has 7 nitrogen and oxygen atoms in total. The zero-order chi connectivity index (χ0) is 25.2. The van der Waals surface area contributed by atoms with Crippen molar-refractivity contribution in [1.29, 1.82) is 5.26 Å². The van der Waals surface area contributed by atoms with Gasteiger partial charge in [0.05, 0.1) is 11.1 Å². The third-order valence-corrected chi connectivity index (χ3v) is 8.44. The van der Waals surface area contributed by atoms with Crippen molar-refractivity contribution < 1.29 is 0 Å². The molecule has 3 aliphatic heterocycles. The Morgan fingerprint density at radius 1 is 0.946 bits per heavy atom. The molecule has 7 heteroatoms. The standard InChI is InChI=1S/C30H37N7/c1-23-20-36(29-9-6-25(19-31)30-28(29)3-2-11-33-30)22-27-21-34(17-18-37(23)27)14-10-24-4-7-26(8-5-24)35-15-12-32-13-16-35/h2-9,11,23,27,32H,10,12-18,20-22H2,1H3/t23-,27+/m1/s1. The Morgan fingerprint density at radius 3 is 2.59 bits per heavy atom. The van der Waals surface area contributed by atoms with Gasteiger partial charge in [-0.15, -0.1) is 0 Å². The van der Waals surface area contributed by atoms with Crippen molar-refractivity contribution in [2.45, 2.75) is 25.4 Å². The zero-order valence-electron chi connectivity index (χ0n) is 21.8. The van der Waals surface area contributed by atoms with E-state index < -0.39 is 0 Å². The lowest BCUT2D eigenvalue weighted by molar-refractivity contribution is 0.0356. The largest absolute Gasteiger partial charge is 0.369 e. The molecule has 3 fully saturated rings. The van der Waals surface area contributed by atoms with Crippen LogP contribution in [0.3, 0.4) is 0 Å². The highest BCUT2D eigenvalue weighted by Gasteiger charge is 2.36. The van der Waals surface area contributed by atoms with Gasteiger partial charge in [-0.1, -0.05) is 12.1 Å². The second-order valence-corrected chi connectivity index (χ2v) is 10.7. The Hall–Kier alpha value is -3.18. The van der Waals surface area contributed by atoms with E-state index in [1.807, 2.05) is 12.1 Å². The van der Waals surface area contributed by atoms with E-state index in [1.165, 1.54) is 16.9 Å². The van der Waals surface area contributed by atoms with Crippen LogP contribution in [0.4, 0.5) is 11.4 Å². The van der Waals surface area contributed by atoms with Crippen LogP contribution in [0.1, 0.15) is 18.1 Å². The van der Waals surface area contributed by atoms with E-state index in [0.29, 0.717) is 17.6 Å². The van der Waals surface area contributed by atoms with Crippen LogP contribution < -0.4 is 15.1 Å². The lowest BCUT2D eigenvalue weighted by Gasteiger charge is -2.51. The Kier molecular flexibility index (Phi) is 6.97. The summed E-state index contributed by atoms with van der Waals surface area (Å²) in [4.78, 5) is 14.9. The Morgan fingerprint density at radius 2 is 1.78 bits per heavy atom. The molecular formula is C30H37N7. The van der Waals surface area contributed by atoms with Crippen molar-refractivity contribution in [2.75, 3.05) is 75.2 Å². The minimum Gasteiger partial charge on any atom is -0.369 e. The normalized spacial score (nSPS) is 23.1. The topological polar surface area (TPSA) is 61.7 Å². The van der Waals surface area contributed by atoms with Crippen LogP contribution in [0.2, 0.25) is 0 Å². The molecule has 1 N–H and O–H groups in total. The second-order valence-electron chi connectivity index (χ2n) is 10.7. The molecule has 0 bridgehead atoms. The van der Waals surface area contributed by atoms with Gasteiger partial charge in [0.2, 0.25) is 0 Å². The maximum absolute atomic E-state index is 9.55. The number of benzene rings is 2. The van der Waals surface area contributed by atoms with E-state index in [-0.39, 0.29) is 0 Å². The number of rotatable bonds is 5. The summed E-state index contributed by atoms with van der Waals surface area (Å²) in [6.45, 7) is 13.2. The van der Waals surface area contributed by atoms with Crippen LogP contribution in [0.25, 0.3) is 10.9 Å². The highest BCUT2D eigenvalue weighted by Crippen LogP contribution is 2.32. The molecule has 0 aliphatic carbocycles. The molecule has 3 aromatic rings. The monoisotopic (exact) mass is 495 g/mol. The third-order valence-electron chi connectivity index (χ3n) is 8.44. The van der Waals surface area contributed by atoms with Crippen LogP contribution in [-0.2, 0) is 6.42 Å². The number of nitrogens with one attached hydrogen (secondary N) is 1. The molecule has 192 valence electrons. The predicted octanol–water partition coefficient (Wildman–Crippen LogP) is 2.95. The molecule has 0 amide bonds. The van der Waals surface area contributed by atoms with E-state index in [4.69, 9.17) is 0 Å². The molecule has 37 heavy (non-hydrogen) atoms. The number of hydrogen-bond donors (Lipinski definition) is 1. The molecule has 0 saturated carbocycles.